The van der Waals surface area contributed by atoms with Gasteiger partial charge in [-0.2, -0.15) is 0 Å². The predicted octanol–water partition coefficient (Wildman–Crippen LogP) is 5.22. The first-order valence-electron chi connectivity index (χ1n) is 14.3. The van der Waals surface area contributed by atoms with E-state index in [1.807, 2.05) is 7.05 Å². The molecule has 1 aliphatic rings. The molecule has 42 heavy (non-hydrogen) atoms. The highest BCUT2D eigenvalue weighted by molar-refractivity contribution is 7.90. The van der Waals surface area contributed by atoms with E-state index in [0.29, 0.717) is 17.7 Å². The van der Waals surface area contributed by atoms with Gasteiger partial charge in [-0.05, 0) is 78.3 Å². The molecule has 2 amide bonds. The summed E-state index contributed by atoms with van der Waals surface area (Å²) in [7, 11) is -0.483. The Morgan fingerprint density at radius 3 is 2.60 bits per heavy atom. The number of methoxy groups -OCH3 is 1. The van der Waals surface area contributed by atoms with Crippen LogP contribution in [-0.4, -0.2) is 38.5 Å². The number of nitrogens with one attached hydrogen (secondary N) is 2. The van der Waals surface area contributed by atoms with Crippen molar-refractivity contribution in [3.8, 4) is 5.75 Å². The Balaban J connectivity index is 1.43. The smallest absolute Gasteiger partial charge is 0.265 e. The van der Waals surface area contributed by atoms with Crippen molar-refractivity contribution in [2.75, 3.05) is 13.7 Å². The molecule has 5 rings (SSSR count). The zero-order chi connectivity index (χ0) is 30.0. The molecule has 1 aromatic heterocycles. The summed E-state index contributed by atoms with van der Waals surface area (Å²) in [5.41, 5.74) is 4.97. The molecule has 2 heterocycles. The number of sulfonamides is 1. The lowest BCUT2D eigenvalue weighted by atomic mass is 9.81. The third kappa shape index (κ3) is 5.79. The van der Waals surface area contributed by atoms with Crippen molar-refractivity contribution in [3.63, 3.8) is 0 Å². The van der Waals surface area contributed by atoms with Crippen molar-refractivity contribution in [1.29, 1.82) is 0 Å². The van der Waals surface area contributed by atoms with E-state index in [9.17, 15) is 18.0 Å². The molecule has 4 aromatic rings. The van der Waals surface area contributed by atoms with Crippen LogP contribution in [0.1, 0.15) is 64.7 Å². The third-order valence-corrected chi connectivity index (χ3v) is 9.73. The standard InChI is InChI=1S/C33H37N3O5S/c1-5-8-26(27-15-16-34-33(27)38)22-13-14-29-28(18-22)25(20-36(29)3)17-23-11-12-24(19-30(23)41-4)32(37)35-42(39,40)31-10-7-6-9-21(31)2/h6-7,9-14,18-20,26-27H,5,8,15-17H2,1-4H3,(H,34,38)(H,35,37). The molecule has 9 heteroatoms. The molecule has 0 saturated carbocycles. The summed E-state index contributed by atoms with van der Waals surface area (Å²) in [4.78, 5) is 25.6. The average molecular weight is 588 g/mol. The molecule has 0 radical (unpaired) electrons. The highest BCUT2D eigenvalue weighted by atomic mass is 32.2. The van der Waals surface area contributed by atoms with Crippen LogP contribution < -0.4 is 14.8 Å². The lowest BCUT2D eigenvalue weighted by molar-refractivity contribution is -0.123. The number of rotatable bonds is 10. The van der Waals surface area contributed by atoms with Crippen LogP contribution in [0.5, 0.6) is 5.75 Å². The fourth-order valence-corrected chi connectivity index (χ4v) is 7.32. The molecule has 8 nitrogen and oxygen atoms in total. The van der Waals surface area contributed by atoms with Crippen LogP contribution in [0.3, 0.4) is 0 Å². The third-order valence-electron chi connectivity index (χ3n) is 8.24. The molecular formula is C33H37N3O5S. The lowest BCUT2D eigenvalue weighted by Gasteiger charge is -2.22. The van der Waals surface area contributed by atoms with Crippen molar-refractivity contribution in [1.82, 2.24) is 14.6 Å². The zero-order valence-electron chi connectivity index (χ0n) is 24.4. The van der Waals surface area contributed by atoms with Gasteiger partial charge in [-0.1, -0.05) is 43.7 Å². The normalized spacial score (nSPS) is 15.9. The molecule has 0 bridgehead atoms. The minimum Gasteiger partial charge on any atom is -0.496 e. The van der Waals surface area contributed by atoms with Gasteiger partial charge in [0.15, 0.2) is 0 Å². The fourth-order valence-electron chi connectivity index (χ4n) is 6.10. The van der Waals surface area contributed by atoms with E-state index < -0.39 is 15.9 Å². The first kappa shape index (κ1) is 29.4. The number of hydrogen-bond acceptors (Lipinski definition) is 5. The summed E-state index contributed by atoms with van der Waals surface area (Å²) < 4.78 is 35.6. The average Bonchev–Trinajstić information content (AvgIpc) is 3.53. The quantitative estimate of drug-likeness (QED) is 0.265. The van der Waals surface area contributed by atoms with Crippen molar-refractivity contribution < 1.29 is 22.7 Å². The van der Waals surface area contributed by atoms with Crippen LogP contribution >= 0.6 is 0 Å². The van der Waals surface area contributed by atoms with Gasteiger partial charge in [0.05, 0.1) is 12.0 Å². The van der Waals surface area contributed by atoms with E-state index >= 15 is 0 Å². The Morgan fingerprint density at radius 2 is 1.90 bits per heavy atom. The highest BCUT2D eigenvalue weighted by Gasteiger charge is 2.33. The molecule has 220 valence electrons. The van der Waals surface area contributed by atoms with Gasteiger partial charge in [0.2, 0.25) is 5.91 Å². The largest absolute Gasteiger partial charge is 0.496 e. The van der Waals surface area contributed by atoms with Gasteiger partial charge in [0.1, 0.15) is 5.75 Å². The highest BCUT2D eigenvalue weighted by Crippen LogP contribution is 2.37. The van der Waals surface area contributed by atoms with Crippen LogP contribution in [0.15, 0.2) is 71.8 Å². The second-order valence-corrected chi connectivity index (χ2v) is 12.7. The molecule has 3 aromatic carbocycles. The number of carbonyl (C=O) groups is 2. The Labute approximate surface area is 247 Å². The van der Waals surface area contributed by atoms with Crippen molar-refractivity contribution in [2.24, 2.45) is 13.0 Å². The van der Waals surface area contributed by atoms with Gasteiger partial charge < -0.3 is 14.6 Å². The second-order valence-electron chi connectivity index (χ2n) is 11.0. The minimum absolute atomic E-state index is 0.0111. The van der Waals surface area contributed by atoms with E-state index in [-0.39, 0.29) is 28.2 Å². The lowest BCUT2D eigenvalue weighted by Crippen LogP contribution is -2.31. The Morgan fingerprint density at radius 1 is 1.12 bits per heavy atom. The first-order valence-corrected chi connectivity index (χ1v) is 15.8. The van der Waals surface area contributed by atoms with Crippen molar-refractivity contribution >= 4 is 32.7 Å². The van der Waals surface area contributed by atoms with E-state index in [4.69, 9.17) is 4.74 Å². The molecule has 1 aliphatic heterocycles. The Bertz CT molecular complexity index is 1760. The molecule has 1 fully saturated rings. The molecule has 0 spiro atoms. The number of aromatic nitrogens is 1. The van der Waals surface area contributed by atoms with E-state index in [1.165, 1.54) is 18.7 Å². The minimum atomic E-state index is -4.03. The van der Waals surface area contributed by atoms with Gasteiger partial charge in [-0.25, -0.2) is 13.1 Å². The number of amides is 2. The molecule has 0 aliphatic carbocycles. The zero-order valence-corrected chi connectivity index (χ0v) is 25.3. The fraction of sp³-hybridized carbons (Fsp3) is 0.333. The SMILES string of the molecule is CCCC(c1ccc2c(c1)c(Cc1ccc(C(=O)NS(=O)(=O)c3ccccc3C)cc1OC)cn2C)C1CCNC1=O. The number of ether oxygens (including phenoxy) is 1. The summed E-state index contributed by atoms with van der Waals surface area (Å²) >= 11 is 0. The van der Waals surface area contributed by atoms with Crippen LogP contribution in [0.4, 0.5) is 0 Å². The maximum Gasteiger partial charge on any atom is 0.265 e. The maximum absolute atomic E-state index is 13.0. The van der Waals surface area contributed by atoms with Gasteiger partial charge in [0.25, 0.3) is 15.9 Å². The summed E-state index contributed by atoms with van der Waals surface area (Å²) in [6, 6.07) is 18.0. The number of carbonyl (C=O) groups excluding carboxylic acids is 2. The summed E-state index contributed by atoms with van der Waals surface area (Å²) in [6.45, 7) is 4.57. The molecule has 1 saturated heterocycles. The molecule has 2 N–H and O–H groups in total. The number of hydrogen-bond donors (Lipinski definition) is 2. The van der Waals surface area contributed by atoms with Gasteiger partial charge >= 0.3 is 0 Å². The summed E-state index contributed by atoms with van der Waals surface area (Å²) in [5.74, 6) is 0.0648. The Hall–Kier alpha value is -4.11. The van der Waals surface area contributed by atoms with E-state index in [0.717, 1.165) is 47.8 Å². The van der Waals surface area contributed by atoms with Crippen LogP contribution in [0.2, 0.25) is 0 Å². The summed E-state index contributed by atoms with van der Waals surface area (Å²) in [5, 5.41) is 4.11. The number of nitrogens with zero attached hydrogens (tertiary/aromatic N) is 1. The van der Waals surface area contributed by atoms with Crippen molar-refractivity contribution in [2.45, 2.75) is 50.3 Å². The first-order chi connectivity index (χ1) is 20.1. The summed E-state index contributed by atoms with van der Waals surface area (Å²) in [6.07, 6.45) is 5.45. The monoisotopic (exact) mass is 587 g/mol. The van der Waals surface area contributed by atoms with Gasteiger partial charge in [-0.3, -0.25) is 9.59 Å². The van der Waals surface area contributed by atoms with Crippen LogP contribution in [-0.2, 0) is 28.3 Å². The predicted molar refractivity (Wildman–Crippen MR) is 163 cm³/mol. The van der Waals surface area contributed by atoms with Crippen LogP contribution in [0, 0.1) is 12.8 Å². The second kappa shape index (κ2) is 12.0. The maximum atomic E-state index is 13.0. The number of aryl methyl sites for hydroxylation is 2. The molecular weight excluding hydrogens is 550 g/mol. The topological polar surface area (TPSA) is 106 Å². The van der Waals surface area contributed by atoms with E-state index in [2.05, 4.69) is 45.9 Å². The van der Waals surface area contributed by atoms with Crippen LogP contribution in [0.25, 0.3) is 10.9 Å². The number of benzene rings is 3. The Kier molecular flexibility index (Phi) is 8.41. The number of fused-ring (bicyclic) bond motifs is 1. The van der Waals surface area contributed by atoms with E-state index in [1.54, 1.807) is 43.3 Å². The van der Waals surface area contributed by atoms with Gasteiger partial charge in [-0.15, -0.1) is 0 Å². The molecule has 2 atom stereocenters. The van der Waals surface area contributed by atoms with Gasteiger partial charge in [0, 0.05) is 48.6 Å². The van der Waals surface area contributed by atoms with Crippen molar-refractivity contribution in [3.05, 3.63) is 94.7 Å². The molecule has 2 unspecified atom stereocenters.